The summed E-state index contributed by atoms with van der Waals surface area (Å²) in [6, 6.07) is 5.32. The van der Waals surface area contributed by atoms with Crippen molar-refractivity contribution in [3.63, 3.8) is 0 Å². The van der Waals surface area contributed by atoms with Gasteiger partial charge in [-0.2, -0.15) is 0 Å². The minimum Gasteiger partial charge on any atom is -0.481 e. The van der Waals surface area contributed by atoms with Gasteiger partial charge >= 0.3 is 5.97 Å². The number of halogens is 3. The summed E-state index contributed by atoms with van der Waals surface area (Å²) in [5, 5.41) is 14.8. The molecular formula is C26H28ClF2N5O5. The molecule has 0 saturated heterocycles. The molecule has 2 aliphatic rings. The SMILES string of the molecule is CN(C=O)c1cc(Cl)c(F)cc1F.COc1cc2c(cn1)CC(C(=O)O)N2.COc1cc2c(cn1)CC(C)N2. The van der Waals surface area contributed by atoms with Crippen molar-refractivity contribution in [2.75, 3.05) is 36.8 Å². The highest BCUT2D eigenvalue weighted by atomic mass is 35.5. The van der Waals surface area contributed by atoms with Crippen LogP contribution in [0.25, 0.3) is 0 Å². The number of hydrogen-bond acceptors (Lipinski definition) is 8. The number of anilines is 3. The van der Waals surface area contributed by atoms with Crippen molar-refractivity contribution in [3.05, 3.63) is 64.4 Å². The molecule has 0 saturated carbocycles. The summed E-state index contributed by atoms with van der Waals surface area (Å²) < 4.78 is 35.6. The number of nitrogens with one attached hydrogen (secondary N) is 2. The third kappa shape index (κ3) is 7.44. The number of amides is 1. The van der Waals surface area contributed by atoms with Crippen LogP contribution >= 0.6 is 11.6 Å². The first-order valence-corrected chi connectivity index (χ1v) is 12.1. The van der Waals surface area contributed by atoms with E-state index in [2.05, 4.69) is 27.5 Å². The van der Waals surface area contributed by atoms with E-state index < -0.39 is 23.6 Å². The lowest BCUT2D eigenvalue weighted by molar-refractivity contribution is -0.137. The summed E-state index contributed by atoms with van der Waals surface area (Å²) >= 11 is 5.40. The van der Waals surface area contributed by atoms with Crippen molar-refractivity contribution in [1.82, 2.24) is 9.97 Å². The summed E-state index contributed by atoms with van der Waals surface area (Å²) in [5.74, 6) is -1.35. The van der Waals surface area contributed by atoms with Gasteiger partial charge in [0.1, 0.15) is 17.7 Å². The number of hydrogen-bond donors (Lipinski definition) is 3. The second kappa shape index (κ2) is 13.1. The normalized spacial score (nSPS) is 16.1. The van der Waals surface area contributed by atoms with Crippen LogP contribution in [0.3, 0.4) is 0 Å². The fourth-order valence-electron chi connectivity index (χ4n) is 3.84. The quantitative estimate of drug-likeness (QED) is 0.310. The van der Waals surface area contributed by atoms with Gasteiger partial charge in [0.2, 0.25) is 18.2 Å². The molecule has 13 heteroatoms. The molecule has 0 fully saturated rings. The number of carboxylic acids is 1. The number of pyridine rings is 2. The van der Waals surface area contributed by atoms with E-state index in [9.17, 15) is 18.4 Å². The Balaban J connectivity index is 0.000000162. The molecule has 39 heavy (non-hydrogen) atoms. The molecule has 3 aromatic rings. The highest BCUT2D eigenvalue weighted by Crippen LogP contribution is 2.29. The molecule has 3 N–H and O–H groups in total. The molecule has 208 valence electrons. The van der Waals surface area contributed by atoms with E-state index in [1.165, 1.54) is 19.7 Å². The van der Waals surface area contributed by atoms with E-state index in [4.69, 9.17) is 26.2 Å². The summed E-state index contributed by atoms with van der Waals surface area (Å²) in [5.41, 5.74) is 4.10. The van der Waals surface area contributed by atoms with E-state index in [1.807, 2.05) is 12.3 Å². The standard InChI is InChI=1S/C9H10N2O3.C9H12N2O.C8H6ClF2NO/c1-14-8-3-6-5(4-10-8)2-7(11-6)9(12)13;1-6-3-7-5-10-9(12-2)4-8(7)11-6;1-12(4-13)8-2-5(9)6(10)3-7(8)11/h3-4,7,11H,2H2,1H3,(H,12,13);4-6,11H,3H2,1-2H3;2-4H,1H3. The number of methoxy groups -OCH3 is 2. The van der Waals surface area contributed by atoms with E-state index in [0.717, 1.165) is 34.3 Å². The van der Waals surface area contributed by atoms with Crippen LogP contribution in [0.4, 0.5) is 25.8 Å². The number of fused-ring (bicyclic) bond motifs is 2. The van der Waals surface area contributed by atoms with Gasteiger partial charge in [-0.15, -0.1) is 0 Å². The van der Waals surface area contributed by atoms with Crippen molar-refractivity contribution >= 4 is 41.0 Å². The van der Waals surface area contributed by atoms with Gasteiger partial charge in [-0.25, -0.2) is 23.5 Å². The zero-order valence-electron chi connectivity index (χ0n) is 21.7. The first-order valence-electron chi connectivity index (χ1n) is 11.7. The van der Waals surface area contributed by atoms with E-state index in [0.29, 0.717) is 36.7 Å². The molecule has 10 nitrogen and oxygen atoms in total. The molecule has 0 spiro atoms. The van der Waals surface area contributed by atoms with Gasteiger partial charge in [-0.3, -0.25) is 4.79 Å². The summed E-state index contributed by atoms with van der Waals surface area (Å²) in [6.07, 6.45) is 5.47. The third-order valence-electron chi connectivity index (χ3n) is 5.85. The highest BCUT2D eigenvalue weighted by Gasteiger charge is 2.26. The molecular weight excluding hydrogens is 536 g/mol. The molecule has 2 aliphatic heterocycles. The lowest BCUT2D eigenvalue weighted by Gasteiger charge is -2.11. The molecule has 2 aromatic heterocycles. The van der Waals surface area contributed by atoms with E-state index >= 15 is 0 Å². The maximum absolute atomic E-state index is 13.0. The molecule has 2 unspecified atom stereocenters. The van der Waals surface area contributed by atoms with E-state index in [-0.39, 0.29) is 10.7 Å². The fraction of sp³-hybridized carbons (Fsp3) is 0.308. The lowest BCUT2D eigenvalue weighted by Crippen LogP contribution is -2.26. The van der Waals surface area contributed by atoms with Crippen LogP contribution in [-0.2, 0) is 22.4 Å². The van der Waals surface area contributed by atoms with Gasteiger partial charge < -0.3 is 30.1 Å². The minimum atomic E-state index is -0.847. The Morgan fingerprint density at radius 1 is 1.03 bits per heavy atom. The maximum Gasteiger partial charge on any atom is 0.326 e. The molecule has 0 bridgehead atoms. The molecule has 1 amide bonds. The molecule has 0 radical (unpaired) electrons. The predicted molar refractivity (Wildman–Crippen MR) is 143 cm³/mol. The Morgan fingerprint density at radius 2 is 1.59 bits per heavy atom. The van der Waals surface area contributed by atoms with Gasteiger partial charge in [0.05, 0.1) is 24.9 Å². The zero-order chi connectivity index (χ0) is 28.7. The van der Waals surface area contributed by atoms with Crippen molar-refractivity contribution < 1.29 is 33.0 Å². The molecule has 5 rings (SSSR count). The van der Waals surface area contributed by atoms with Gasteiger partial charge in [0.15, 0.2) is 0 Å². The van der Waals surface area contributed by atoms with Crippen molar-refractivity contribution in [1.29, 1.82) is 0 Å². The number of rotatable bonds is 5. The van der Waals surface area contributed by atoms with Crippen molar-refractivity contribution in [2.24, 2.45) is 0 Å². The highest BCUT2D eigenvalue weighted by molar-refractivity contribution is 6.31. The number of benzene rings is 1. The second-order valence-corrected chi connectivity index (χ2v) is 9.10. The Hall–Kier alpha value is -4.19. The largest absolute Gasteiger partial charge is 0.481 e. The zero-order valence-corrected chi connectivity index (χ0v) is 22.4. The van der Waals surface area contributed by atoms with Crippen LogP contribution in [0.15, 0.2) is 36.7 Å². The first-order chi connectivity index (χ1) is 18.6. The number of carbonyl (C=O) groups excluding carboxylic acids is 1. The first kappa shape index (κ1) is 29.4. The summed E-state index contributed by atoms with van der Waals surface area (Å²) in [6.45, 7) is 2.16. The maximum atomic E-state index is 13.0. The number of nitrogens with zero attached hydrogens (tertiary/aromatic N) is 3. The summed E-state index contributed by atoms with van der Waals surface area (Å²) in [4.78, 5) is 30.1. The number of aliphatic carboxylic acids is 1. The monoisotopic (exact) mass is 563 g/mol. The second-order valence-electron chi connectivity index (χ2n) is 8.69. The van der Waals surface area contributed by atoms with Gasteiger partial charge in [0.25, 0.3) is 0 Å². The Morgan fingerprint density at radius 3 is 2.13 bits per heavy atom. The minimum absolute atomic E-state index is 0.0543. The van der Waals surface area contributed by atoms with Crippen LogP contribution in [0.2, 0.25) is 5.02 Å². The van der Waals surface area contributed by atoms with E-state index in [1.54, 1.807) is 19.4 Å². The smallest absolute Gasteiger partial charge is 0.326 e. The number of ether oxygens (including phenoxy) is 2. The molecule has 2 atom stereocenters. The Labute approximate surface area is 228 Å². The average molecular weight is 564 g/mol. The van der Waals surface area contributed by atoms with Gasteiger partial charge in [-0.05, 0) is 30.5 Å². The van der Waals surface area contributed by atoms with Crippen molar-refractivity contribution in [2.45, 2.75) is 31.8 Å². The van der Waals surface area contributed by atoms with Gasteiger partial charge in [0, 0.05) is 61.5 Å². The topological polar surface area (TPSA) is 126 Å². The Kier molecular flexibility index (Phi) is 9.83. The fourth-order valence-corrected chi connectivity index (χ4v) is 4.00. The van der Waals surface area contributed by atoms with Crippen molar-refractivity contribution in [3.8, 4) is 11.8 Å². The number of carboxylic acid groups (broad SMARTS) is 1. The van der Waals surface area contributed by atoms with Crippen LogP contribution in [0.5, 0.6) is 11.8 Å². The average Bonchev–Trinajstić information content (AvgIpc) is 3.52. The number of aromatic nitrogens is 2. The lowest BCUT2D eigenvalue weighted by atomic mass is 10.1. The van der Waals surface area contributed by atoms with Crippen LogP contribution < -0.4 is 25.0 Å². The molecule has 4 heterocycles. The van der Waals surface area contributed by atoms with Crippen LogP contribution in [0.1, 0.15) is 18.1 Å². The van der Waals surface area contributed by atoms with Gasteiger partial charge in [-0.1, -0.05) is 11.6 Å². The predicted octanol–water partition coefficient (Wildman–Crippen LogP) is 4.17. The third-order valence-corrected chi connectivity index (χ3v) is 6.14. The van der Waals surface area contributed by atoms with Crippen LogP contribution in [0, 0.1) is 11.6 Å². The Bertz CT molecular complexity index is 1350. The molecule has 0 aliphatic carbocycles. The number of carbonyl (C=O) groups is 2. The summed E-state index contributed by atoms with van der Waals surface area (Å²) in [7, 11) is 4.51. The van der Waals surface area contributed by atoms with Crippen LogP contribution in [-0.4, -0.2) is 60.8 Å². The molecule has 1 aromatic carbocycles.